The number of nitrogens with one attached hydrogen (secondary N) is 1. The molecule has 0 saturated heterocycles. The number of aryl methyl sites for hydroxylation is 1. The molecule has 1 atom stereocenters. The number of hydrogen-bond donors (Lipinski definition) is 1. The maximum Gasteiger partial charge on any atom is 0.339 e. The third-order valence-corrected chi connectivity index (χ3v) is 4.36. The molecule has 0 bridgehead atoms. The van der Waals surface area contributed by atoms with Gasteiger partial charge in [-0.2, -0.15) is 0 Å². The van der Waals surface area contributed by atoms with Crippen molar-refractivity contribution >= 4 is 28.4 Å². The van der Waals surface area contributed by atoms with Crippen LogP contribution < -0.4 is 10.1 Å². The summed E-state index contributed by atoms with van der Waals surface area (Å²) in [5.41, 5.74) is 1.63. The molecule has 0 aliphatic carbocycles. The van der Waals surface area contributed by atoms with Gasteiger partial charge in [0.2, 0.25) is 0 Å². The first-order chi connectivity index (χ1) is 11.9. The number of carbonyl (C=O) groups excluding carboxylic acids is 2. The van der Waals surface area contributed by atoms with Gasteiger partial charge in [-0.1, -0.05) is 18.2 Å². The number of ether oxygens (including phenoxy) is 2. The summed E-state index contributed by atoms with van der Waals surface area (Å²) in [6, 6.07) is 11.8. The van der Waals surface area contributed by atoms with E-state index in [1.54, 1.807) is 30.3 Å². The number of rotatable bonds is 6. The van der Waals surface area contributed by atoms with Gasteiger partial charge in [-0.25, -0.2) is 4.79 Å². The molecule has 0 spiro atoms. The second kappa shape index (κ2) is 8.43. The van der Waals surface area contributed by atoms with E-state index < -0.39 is 29.3 Å². The van der Waals surface area contributed by atoms with Gasteiger partial charge >= 0.3 is 5.97 Å². The van der Waals surface area contributed by atoms with Gasteiger partial charge in [0.1, 0.15) is 5.75 Å². The Kier molecular flexibility index (Phi) is 6.30. The van der Waals surface area contributed by atoms with Crippen molar-refractivity contribution in [3.05, 3.63) is 53.6 Å². The molecule has 0 radical (unpaired) electrons. The maximum atomic E-state index is 12.1. The van der Waals surface area contributed by atoms with Gasteiger partial charge in [0.25, 0.3) is 5.91 Å². The molecule has 0 unspecified atom stereocenters. The van der Waals surface area contributed by atoms with Gasteiger partial charge in [-0.05, 0) is 36.8 Å². The van der Waals surface area contributed by atoms with Crippen LogP contribution in [0.2, 0.25) is 0 Å². The monoisotopic (exact) mass is 361 g/mol. The van der Waals surface area contributed by atoms with E-state index in [0.29, 0.717) is 16.3 Å². The third-order valence-electron chi connectivity index (χ3n) is 3.38. The lowest BCUT2D eigenvalue weighted by Gasteiger charge is -2.11. The predicted octanol–water partition coefficient (Wildman–Crippen LogP) is 2.54. The summed E-state index contributed by atoms with van der Waals surface area (Å²) >= 11 is 0. The second-order valence-electron chi connectivity index (χ2n) is 5.28. The zero-order valence-electron chi connectivity index (χ0n) is 14.2. The van der Waals surface area contributed by atoms with Crippen molar-refractivity contribution in [1.82, 2.24) is 0 Å². The summed E-state index contributed by atoms with van der Waals surface area (Å²) in [6.07, 6.45) is 1.48. The summed E-state index contributed by atoms with van der Waals surface area (Å²) in [4.78, 5) is 24.6. The largest absolute Gasteiger partial charge is 0.495 e. The number of carbonyl (C=O) groups is 2. The Labute approximate surface area is 148 Å². The van der Waals surface area contributed by atoms with Gasteiger partial charge in [-0.3, -0.25) is 9.00 Å². The van der Waals surface area contributed by atoms with Gasteiger partial charge < -0.3 is 14.8 Å². The molecule has 0 heterocycles. The Balaban J connectivity index is 2.02. The van der Waals surface area contributed by atoms with Crippen molar-refractivity contribution < 1.29 is 23.3 Å². The summed E-state index contributed by atoms with van der Waals surface area (Å²) in [7, 11) is 0.170. The van der Waals surface area contributed by atoms with Crippen molar-refractivity contribution in [2.24, 2.45) is 0 Å². The van der Waals surface area contributed by atoms with Crippen molar-refractivity contribution in [3.63, 3.8) is 0 Å². The number of methoxy groups -OCH3 is 1. The lowest BCUT2D eigenvalue weighted by Crippen LogP contribution is -2.21. The minimum atomic E-state index is -1.33. The van der Waals surface area contributed by atoms with Crippen LogP contribution in [0.1, 0.15) is 15.9 Å². The van der Waals surface area contributed by atoms with Gasteiger partial charge in [0.15, 0.2) is 6.61 Å². The molecule has 1 amide bonds. The van der Waals surface area contributed by atoms with Crippen LogP contribution in [0.15, 0.2) is 47.4 Å². The highest BCUT2D eigenvalue weighted by molar-refractivity contribution is 7.84. The molecular formula is C18H19NO5S. The number of benzene rings is 2. The van der Waals surface area contributed by atoms with E-state index in [4.69, 9.17) is 9.47 Å². The van der Waals surface area contributed by atoms with E-state index >= 15 is 0 Å². The van der Waals surface area contributed by atoms with E-state index in [0.717, 1.165) is 5.56 Å². The second-order valence-corrected chi connectivity index (χ2v) is 6.63. The summed E-state index contributed by atoms with van der Waals surface area (Å²) in [5.74, 6) is -0.679. The first kappa shape index (κ1) is 18.7. The minimum Gasteiger partial charge on any atom is -0.495 e. The smallest absolute Gasteiger partial charge is 0.339 e. The third kappa shape index (κ3) is 4.90. The molecule has 6 nitrogen and oxygen atoms in total. The fourth-order valence-electron chi connectivity index (χ4n) is 2.20. The predicted molar refractivity (Wildman–Crippen MR) is 95.4 cm³/mol. The molecule has 0 aromatic heterocycles. The van der Waals surface area contributed by atoms with Crippen LogP contribution in [0.5, 0.6) is 5.75 Å². The Morgan fingerprint density at radius 1 is 1.16 bits per heavy atom. The summed E-state index contributed by atoms with van der Waals surface area (Å²) in [5, 5.41) is 2.65. The average Bonchev–Trinajstić information content (AvgIpc) is 2.60. The lowest BCUT2D eigenvalue weighted by atomic mass is 10.2. The molecule has 1 N–H and O–H groups in total. The SMILES string of the molecule is COc1ccc(C)cc1NC(=O)COC(=O)c1ccccc1[S@](C)=O. The zero-order chi connectivity index (χ0) is 18.4. The lowest BCUT2D eigenvalue weighted by molar-refractivity contribution is -0.119. The van der Waals surface area contributed by atoms with E-state index in [1.165, 1.54) is 19.4 Å². The van der Waals surface area contributed by atoms with E-state index in [1.807, 2.05) is 13.0 Å². The van der Waals surface area contributed by atoms with E-state index in [9.17, 15) is 13.8 Å². The molecule has 2 aromatic carbocycles. The van der Waals surface area contributed by atoms with Crippen molar-refractivity contribution in [2.45, 2.75) is 11.8 Å². The van der Waals surface area contributed by atoms with Gasteiger partial charge in [0.05, 0.1) is 34.1 Å². The first-order valence-electron chi connectivity index (χ1n) is 7.46. The van der Waals surface area contributed by atoms with Crippen LogP contribution in [-0.2, 0) is 20.3 Å². The fraction of sp³-hybridized carbons (Fsp3) is 0.222. The van der Waals surface area contributed by atoms with Crippen LogP contribution in [0.4, 0.5) is 5.69 Å². The molecule has 0 aliphatic heterocycles. The zero-order valence-corrected chi connectivity index (χ0v) is 15.0. The highest BCUT2D eigenvalue weighted by Crippen LogP contribution is 2.25. The fourth-order valence-corrected chi connectivity index (χ4v) is 2.93. The molecule has 25 heavy (non-hydrogen) atoms. The molecular weight excluding hydrogens is 342 g/mol. The van der Waals surface area contributed by atoms with Gasteiger partial charge in [-0.15, -0.1) is 0 Å². The molecule has 132 valence electrons. The highest BCUT2D eigenvalue weighted by atomic mass is 32.2. The van der Waals surface area contributed by atoms with Crippen molar-refractivity contribution in [2.75, 3.05) is 25.3 Å². The van der Waals surface area contributed by atoms with E-state index in [2.05, 4.69) is 5.32 Å². The molecule has 0 saturated carbocycles. The van der Waals surface area contributed by atoms with Crippen molar-refractivity contribution in [1.29, 1.82) is 0 Å². The van der Waals surface area contributed by atoms with Crippen LogP contribution >= 0.6 is 0 Å². The van der Waals surface area contributed by atoms with Crippen LogP contribution in [0, 0.1) is 6.92 Å². The Morgan fingerprint density at radius 2 is 1.88 bits per heavy atom. The molecule has 0 fully saturated rings. The summed E-state index contributed by atoms with van der Waals surface area (Å²) in [6.45, 7) is 1.43. The Bertz CT molecular complexity index is 819. The van der Waals surface area contributed by atoms with Crippen molar-refractivity contribution in [3.8, 4) is 5.75 Å². The van der Waals surface area contributed by atoms with Gasteiger partial charge in [0, 0.05) is 6.26 Å². The van der Waals surface area contributed by atoms with Crippen LogP contribution in [0.3, 0.4) is 0 Å². The normalized spacial score (nSPS) is 11.5. The number of hydrogen-bond acceptors (Lipinski definition) is 5. The highest BCUT2D eigenvalue weighted by Gasteiger charge is 2.16. The molecule has 2 aromatic rings. The maximum absolute atomic E-state index is 12.1. The molecule has 2 rings (SSSR count). The number of anilines is 1. The summed E-state index contributed by atoms with van der Waals surface area (Å²) < 4.78 is 21.9. The number of esters is 1. The quantitative estimate of drug-likeness (QED) is 0.800. The van der Waals surface area contributed by atoms with E-state index in [-0.39, 0.29) is 5.56 Å². The molecule has 7 heteroatoms. The van der Waals surface area contributed by atoms with Crippen LogP contribution in [-0.4, -0.2) is 36.1 Å². The molecule has 0 aliphatic rings. The standard InChI is InChI=1S/C18H19NO5S/c1-12-8-9-15(23-2)14(10-12)19-17(20)11-24-18(21)13-6-4-5-7-16(13)25(3)22/h4-10H,11H2,1-3H3,(H,19,20)/t25-/m0/s1. The topological polar surface area (TPSA) is 81.7 Å². The average molecular weight is 361 g/mol. The minimum absolute atomic E-state index is 0.185. The number of amides is 1. The Morgan fingerprint density at radius 3 is 2.56 bits per heavy atom. The Hall–Kier alpha value is -2.67. The van der Waals surface area contributed by atoms with Crippen LogP contribution in [0.25, 0.3) is 0 Å². The first-order valence-corrected chi connectivity index (χ1v) is 9.02.